The third-order valence-corrected chi connectivity index (χ3v) is 3.58. The van der Waals surface area contributed by atoms with E-state index < -0.39 is 0 Å². The molecule has 20 heavy (non-hydrogen) atoms. The van der Waals surface area contributed by atoms with Gasteiger partial charge in [0, 0.05) is 11.9 Å². The summed E-state index contributed by atoms with van der Waals surface area (Å²) >= 11 is 1.56. The predicted octanol–water partition coefficient (Wildman–Crippen LogP) is 3.83. The van der Waals surface area contributed by atoms with Crippen LogP contribution in [0.1, 0.15) is 11.8 Å². The van der Waals surface area contributed by atoms with Gasteiger partial charge in [0.05, 0.1) is 5.69 Å². The van der Waals surface area contributed by atoms with Crippen LogP contribution in [0.25, 0.3) is 0 Å². The van der Waals surface area contributed by atoms with Gasteiger partial charge in [0.25, 0.3) is 0 Å². The number of rotatable bonds is 4. The lowest BCUT2D eigenvalue weighted by Gasteiger charge is -2.25. The summed E-state index contributed by atoms with van der Waals surface area (Å²) in [6.07, 6.45) is 1.66. The second-order valence-corrected chi connectivity index (χ2v) is 4.97. The van der Waals surface area contributed by atoms with Gasteiger partial charge in [0.15, 0.2) is 22.7 Å². The van der Waals surface area contributed by atoms with Crippen LogP contribution >= 0.6 is 28.3 Å². The van der Waals surface area contributed by atoms with Crippen LogP contribution in [0.5, 0.6) is 11.5 Å². The van der Waals surface area contributed by atoms with E-state index in [9.17, 15) is 0 Å². The molecule has 1 aliphatic heterocycles. The largest absolute Gasteiger partial charge is 0.485 e. The lowest BCUT2D eigenvalue weighted by Crippen LogP contribution is -2.21. The normalized spacial score (nSPS) is 16.1. The molecule has 1 N–H and O–H groups in total. The van der Waals surface area contributed by atoms with E-state index in [1.807, 2.05) is 29.6 Å². The second-order valence-electron chi connectivity index (χ2n) is 4.11. The first-order valence-electron chi connectivity index (χ1n) is 6.05. The van der Waals surface area contributed by atoms with Crippen molar-refractivity contribution in [3.05, 3.63) is 48.0 Å². The molecule has 2 aromatic rings. The molecule has 0 aliphatic carbocycles. The number of aromatic nitrogens is 1. The molecule has 2 heterocycles. The molecular formula is C14H15BrN2O2S. The van der Waals surface area contributed by atoms with Crippen molar-refractivity contribution in [3.63, 3.8) is 0 Å². The molecule has 3 rings (SSSR count). The lowest BCUT2D eigenvalue weighted by molar-refractivity contribution is 0.0888. The Morgan fingerprint density at radius 1 is 1.40 bits per heavy atom. The fourth-order valence-electron chi connectivity index (χ4n) is 1.84. The van der Waals surface area contributed by atoms with E-state index in [4.69, 9.17) is 9.47 Å². The topological polar surface area (TPSA) is 43.4 Å². The summed E-state index contributed by atoms with van der Waals surface area (Å²) in [6.45, 7) is 4.86. The van der Waals surface area contributed by atoms with Crippen LogP contribution in [0.4, 0.5) is 5.13 Å². The van der Waals surface area contributed by atoms with E-state index >= 15 is 0 Å². The van der Waals surface area contributed by atoms with Crippen molar-refractivity contribution >= 4 is 33.4 Å². The number of nitrogens with zero attached hydrogens (tertiary/aromatic N) is 1. The zero-order chi connectivity index (χ0) is 13.1. The Balaban J connectivity index is 0.00000147. The summed E-state index contributed by atoms with van der Waals surface area (Å²) in [5.74, 6) is 1.56. The second kappa shape index (κ2) is 6.76. The Labute approximate surface area is 132 Å². The average Bonchev–Trinajstić information content (AvgIpc) is 2.93. The molecule has 0 spiro atoms. The summed E-state index contributed by atoms with van der Waals surface area (Å²) < 4.78 is 11.6. The Morgan fingerprint density at radius 3 is 3.00 bits per heavy atom. The van der Waals surface area contributed by atoms with E-state index in [0.29, 0.717) is 13.2 Å². The van der Waals surface area contributed by atoms with Crippen LogP contribution in [-0.2, 0) is 0 Å². The molecule has 106 valence electrons. The minimum Gasteiger partial charge on any atom is -0.485 e. The SMILES string of the molecule is Br.C=CCNc1nc(C2COc3ccccc3O2)cs1. The molecule has 1 aliphatic rings. The van der Waals surface area contributed by atoms with Crippen LogP contribution in [0.3, 0.4) is 0 Å². The van der Waals surface area contributed by atoms with Crippen molar-refractivity contribution in [1.82, 2.24) is 4.98 Å². The minimum absolute atomic E-state index is 0. The monoisotopic (exact) mass is 354 g/mol. The molecular weight excluding hydrogens is 340 g/mol. The Hall–Kier alpha value is -1.53. The molecule has 0 amide bonds. The lowest BCUT2D eigenvalue weighted by atomic mass is 10.2. The zero-order valence-electron chi connectivity index (χ0n) is 10.7. The average molecular weight is 355 g/mol. The Bertz CT molecular complexity index is 588. The van der Waals surface area contributed by atoms with Gasteiger partial charge >= 0.3 is 0 Å². The number of hydrogen-bond donors (Lipinski definition) is 1. The first-order valence-corrected chi connectivity index (χ1v) is 6.93. The van der Waals surface area contributed by atoms with E-state index in [1.165, 1.54) is 0 Å². The van der Waals surface area contributed by atoms with Gasteiger partial charge in [0.1, 0.15) is 6.61 Å². The van der Waals surface area contributed by atoms with Gasteiger partial charge in [-0.2, -0.15) is 0 Å². The maximum Gasteiger partial charge on any atom is 0.183 e. The number of ether oxygens (including phenoxy) is 2. The predicted molar refractivity (Wildman–Crippen MR) is 86.4 cm³/mol. The van der Waals surface area contributed by atoms with Crippen LogP contribution in [0, 0.1) is 0 Å². The summed E-state index contributed by atoms with van der Waals surface area (Å²) in [4.78, 5) is 4.50. The quantitative estimate of drug-likeness (QED) is 0.847. The third-order valence-electron chi connectivity index (χ3n) is 2.76. The summed E-state index contributed by atoms with van der Waals surface area (Å²) in [5.41, 5.74) is 0.895. The number of fused-ring (bicyclic) bond motifs is 1. The molecule has 4 nitrogen and oxygen atoms in total. The highest BCUT2D eigenvalue weighted by atomic mass is 79.9. The Morgan fingerprint density at radius 2 is 2.20 bits per heavy atom. The molecule has 0 saturated heterocycles. The highest BCUT2D eigenvalue weighted by molar-refractivity contribution is 8.93. The molecule has 0 saturated carbocycles. The van der Waals surface area contributed by atoms with Gasteiger partial charge in [-0.15, -0.1) is 34.9 Å². The first kappa shape index (κ1) is 14.9. The number of para-hydroxylation sites is 2. The van der Waals surface area contributed by atoms with E-state index in [2.05, 4.69) is 16.9 Å². The maximum absolute atomic E-state index is 5.91. The highest BCUT2D eigenvalue weighted by Crippen LogP contribution is 2.36. The first-order chi connectivity index (χ1) is 9.36. The van der Waals surface area contributed by atoms with Gasteiger partial charge in [-0.3, -0.25) is 0 Å². The number of halogens is 1. The van der Waals surface area contributed by atoms with Crippen LogP contribution < -0.4 is 14.8 Å². The van der Waals surface area contributed by atoms with E-state index in [0.717, 1.165) is 22.3 Å². The maximum atomic E-state index is 5.91. The van der Waals surface area contributed by atoms with Crippen LogP contribution in [-0.4, -0.2) is 18.1 Å². The third kappa shape index (κ3) is 3.13. The van der Waals surface area contributed by atoms with Crippen molar-refractivity contribution in [3.8, 4) is 11.5 Å². The van der Waals surface area contributed by atoms with Crippen molar-refractivity contribution in [2.75, 3.05) is 18.5 Å². The minimum atomic E-state index is -0.148. The fourth-order valence-corrected chi connectivity index (χ4v) is 2.60. The van der Waals surface area contributed by atoms with Gasteiger partial charge in [-0.05, 0) is 12.1 Å². The molecule has 6 heteroatoms. The summed E-state index contributed by atoms with van der Waals surface area (Å²) in [5, 5.41) is 6.03. The molecule has 1 atom stereocenters. The zero-order valence-corrected chi connectivity index (χ0v) is 13.3. The molecule has 0 bridgehead atoms. The van der Waals surface area contributed by atoms with Crippen molar-refractivity contribution in [1.29, 1.82) is 0 Å². The number of anilines is 1. The number of nitrogens with one attached hydrogen (secondary N) is 1. The highest BCUT2D eigenvalue weighted by Gasteiger charge is 2.24. The molecule has 1 unspecified atom stereocenters. The van der Waals surface area contributed by atoms with E-state index in [-0.39, 0.29) is 23.1 Å². The molecule has 0 radical (unpaired) electrons. The standard InChI is InChI=1S/C14H14N2O2S.BrH/c1-2-7-15-14-16-10(9-19-14)13-8-17-11-5-3-4-6-12(11)18-13;/h2-6,9,13H,1,7-8H2,(H,15,16);1H. The van der Waals surface area contributed by atoms with Crippen molar-refractivity contribution in [2.24, 2.45) is 0 Å². The molecule has 1 aromatic heterocycles. The smallest absolute Gasteiger partial charge is 0.183 e. The van der Waals surface area contributed by atoms with Crippen molar-refractivity contribution < 1.29 is 9.47 Å². The summed E-state index contributed by atoms with van der Waals surface area (Å²) in [7, 11) is 0. The Kier molecular flexibility index (Phi) is 5.03. The molecule has 1 aromatic carbocycles. The van der Waals surface area contributed by atoms with Gasteiger partial charge in [-0.1, -0.05) is 18.2 Å². The number of thiazole rings is 1. The van der Waals surface area contributed by atoms with Gasteiger partial charge in [-0.25, -0.2) is 4.98 Å². The van der Waals surface area contributed by atoms with Gasteiger partial charge in [0.2, 0.25) is 0 Å². The van der Waals surface area contributed by atoms with Crippen LogP contribution in [0.2, 0.25) is 0 Å². The van der Waals surface area contributed by atoms with Gasteiger partial charge < -0.3 is 14.8 Å². The molecule has 0 fully saturated rings. The van der Waals surface area contributed by atoms with Crippen molar-refractivity contribution in [2.45, 2.75) is 6.10 Å². The summed E-state index contributed by atoms with van der Waals surface area (Å²) in [6, 6.07) is 7.68. The number of benzene rings is 1. The van der Waals surface area contributed by atoms with E-state index in [1.54, 1.807) is 17.4 Å². The van der Waals surface area contributed by atoms with Crippen LogP contribution in [0.15, 0.2) is 42.3 Å². The number of hydrogen-bond acceptors (Lipinski definition) is 5. The fraction of sp³-hybridized carbons (Fsp3) is 0.214.